The van der Waals surface area contributed by atoms with Gasteiger partial charge in [0.1, 0.15) is 5.82 Å². The van der Waals surface area contributed by atoms with Crippen LogP contribution in [0.5, 0.6) is 0 Å². The van der Waals surface area contributed by atoms with Gasteiger partial charge in [0.15, 0.2) is 0 Å². The fourth-order valence-electron chi connectivity index (χ4n) is 6.15. The third kappa shape index (κ3) is 4.35. The molecular weight excluding hydrogens is 412 g/mol. The number of hydrogen-bond acceptors (Lipinski definition) is 6. The van der Waals surface area contributed by atoms with E-state index in [0.717, 1.165) is 44.5 Å². The molecule has 4 rings (SSSR count). The zero-order chi connectivity index (χ0) is 22.9. The van der Waals surface area contributed by atoms with E-state index in [1.807, 2.05) is 19.9 Å². The van der Waals surface area contributed by atoms with Crippen molar-refractivity contribution < 1.29 is 24.5 Å². The van der Waals surface area contributed by atoms with Gasteiger partial charge >= 0.3 is 12.2 Å². The van der Waals surface area contributed by atoms with Crippen molar-refractivity contribution in [2.45, 2.75) is 76.0 Å². The Balaban J connectivity index is 1.48. The van der Waals surface area contributed by atoms with E-state index in [4.69, 9.17) is 4.74 Å². The SMILES string of the molecule is CCCOC(=O)Nc1ccc(N2CCCC(C34CCC(CC(C)(O)C3)N4C(=O)O)C2)nc1. The summed E-state index contributed by atoms with van der Waals surface area (Å²) in [6.07, 6.45) is 5.49. The van der Waals surface area contributed by atoms with Crippen LogP contribution in [-0.4, -0.2) is 69.2 Å². The number of aliphatic hydroxyl groups is 1. The number of carbonyl (C=O) groups excluding carboxylic acids is 1. The molecule has 3 N–H and O–H groups in total. The summed E-state index contributed by atoms with van der Waals surface area (Å²) in [5.74, 6) is 0.935. The molecule has 1 aromatic heterocycles. The molecule has 0 aromatic carbocycles. The molecule has 3 fully saturated rings. The molecule has 9 nitrogen and oxygen atoms in total. The van der Waals surface area contributed by atoms with Crippen LogP contribution in [0.1, 0.15) is 58.8 Å². The second-order valence-electron chi connectivity index (χ2n) is 9.78. The van der Waals surface area contributed by atoms with Gasteiger partial charge in [0.2, 0.25) is 0 Å². The standard InChI is InChI=1S/C23H34N4O5/c1-3-11-32-20(28)25-17-6-7-19(24-13-17)26-10-4-5-16(14-26)23-9-8-18(27(23)21(29)30)12-22(2,31)15-23/h6-7,13,16,18,31H,3-5,8-12,14-15H2,1-2H3,(H,25,28)(H,29,30). The number of rotatable bonds is 5. The number of piperidine rings is 2. The minimum Gasteiger partial charge on any atom is -0.465 e. The number of pyridine rings is 1. The summed E-state index contributed by atoms with van der Waals surface area (Å²) in [5, 5.41) is 23.6. The van der Waals surface area contributed by atoms with Crippen molar-refractivity contribution in [2.75, 3.05) is 29.9 Å². The van der Waals surface area contributed by atoms with Crippen molar-refractivity contribution in [3.63, 3.8) is 0 Å². The van der Waals surface area contributed by atoms with E-state index in [9.17, 15) is 19.8 Å². The Morgan fingerprint density at radius 1 is 1.34 bits per heavy atom. The number of nitrogens with one attached hydrogen (secondary N) is 1. The lowest BCUT2D eigenvalue weighted by Gasteiger charge is -2.54. The lowest BCUT2D eigenvalue weighted by atomic mass is 9.69. The van der Waals surface area contributed by atoms with E-state index in [1.54, 1.807) is 17.2 Å². The number of amides is 2. The Kier molecular flexibility index (Phi) is 6.20. The molecule has 0 aliphatic carbocycles. The van der Waals surface area contributed by atoms with Crippen LogP contribution >= 0.6 is 0 Å². The van der Waals surface area contributed by atoms with Crippen molar-refractivity contribution in [2.24, 2.45) is 5.92 Å². The topological polar surface area (TPSA) is 115 Å². The average Bonchev–Trinajstić information content (AvgIpc) is 3.03. The average molecular weight is 447 g/mol. The van der Waals surface area contributed by atoms with E-state index in [0.29, 0.717) is 31.7 Å². The van der Waals surface area contributed by atoms with Crippen LogP contribution in [0.25, 0.3) is 0 Å². The van der Waals surface area contributed by atoms with Crippen molar-refractivity contribution in [1.82, 2.24) is 9.88 Å². The van der Waals surface area contributed by atoms with Crippen LogP contribution in [0.4, 0.5) is 21.1 Å². The molecule has 2 amide bonds. The van der Waals surface area contributed by atoms with Gasteiger partial charge in [-0.1, -0.05) is 6.92 Å². The van der Waals surface area contributed by atoms with Crippen LogP contribution in [0.3, 0.4) is 0 Å². The molecule has 176 valence electrons. The molecule has 0 spiro atoms. The second kappa shape index (κ2) is 8.77. The number of carboxylic acid groups (broad SMARTS) is 1. The Labute approximate surface area is 188 Å². The van der Waals surface area contributed by atoms with Crippen LogP contribution in [0.15, 0.2) is 18.3 Å². The largest absolute Gasteiger partial charge is 0.465 e. The van der Waals surface area contributed by atoms with Crippen molar-refractivity contribution in [1.29, 1.82) is 0 Å². The summed E-state index contributed by atoms with van der Waals surface area (Å²) < 4.78 is 5.04. The first-order valence-corrected chi connectivity index (χ1v) is 11.6. The van der Waals surface area contributed by atoms with Gasteiger partial charge in [-0.25, -0.2) is 14.6 Å². The van der Waals surface area contributed by atoms with Crippen LogP contribution < -0.4 is 10.2 Å². The van der Waals surface area contributed by atoms with Crippen molar-refractivity contribution >= 4 is 23.7 Å². The molecule has 9 heteroatoms. The monoisotopic (exact) mass is 446 g/mol. The highest BCUT2D eigenvalue weighted by atomic mass is 16.5. The van der Waals surface area contributed by atoms with Gasteiger partial charge in [0.05, 0.1) is 29.6 Å². The normalized spacial score (nSPS) is 32.0. The molecule has 32 heavy (non-hydrogen) atoms. The third-order valence-electron chi connectivity index (χ3n) is 7.26. The van der Waals surface area contributed by atoms with Gasteiger partial charge in [0.25, 0.3) is 0 Å². The Morgan fingerprint density at radius 2 is 2.16 bits per heavy atom. The Hall–Kier alpha value is -2.55. The lowest BCUT2D eigenvalue weighted by molar-refractivity contribution is -0.0875. The second-order valence-corrected chi connectivity index (χ2v) is 9.78. The molecule has 4 unspecified atom stereocenters. The van der Waals surface area contributed by atoms with Gasteiger partial charge in [0, 0.05) is 25.0 Å². The van der Waals surface area contributed by atoms with Crippen LogP contribution in [0, 0.1) is 5.92 Å². The lowest BCUT2D eigenvalue weighted by Crippen LogP contribution is -2.64. The predicted molar refractivity (Wildman–Crippen MR) is 120 cm³/mol. The smallest absolute Gasteiger partial charge is 0.411 e. The van der Waals surface area contributed by atoms with Crippen molar-refractivity contribution in [3.8, 4) is 0 Å². The van der Waals surface area contributed by atoms with E-state index in [-0.39, 0.29) is 12.0 Å². The predicted octanol–water partition coefficient (Wildman–Crippen LogP) is 3.68. The Bertz CT molecular complexity index is 845. The number of carbonyl (C=O) groups is 2. The maximum absolute atomic E-state index is 12.2. The quantitative estimate of drug-likeness (QED) is 0.632. The molecule has 3 aliphatic rings. The number of fused-ring (bicyclic) bond motifs is 2. The summed E-state index contributed by atoms with van der Waals surface area (Å²) >= 11 is 0. The van der Waals surface area contributed by atoms with E-state index in [2.05, 4.69) is 15.2 Å². The van der Waals surface area contributed by atoms with Gasteiger partial charge < -0.3 is 19.8 Å². The highest BCUT2D eigenvalue weighted by Crippen LogP contribution is 2.53. The van der Waals surface area contributed by atoms with E-state index in [1.165, 1.54) is 0 Å². The van der Waals surface area contributed by atoms with Gasteiger partial charge in [-0.3, -0.25) is 10.2 Å². The molecule has 3 aliphatic heterocycles. The minimum atomic E-state index is -0.872. The fraction of sp³-hybridized carbons (Fsp3) is 0.696. The number of hydrogen-bond donors (Lipinski definition) is 3. The highest BCUT2D eigenvalue weighted by molar-refractivity contribution is 5.84. The summed E-state index contributed by atoms with van der Waals surface area (Å²) in [4.78, 5) is 32.3. The van der Waals surface area contributed by atoms with Gasteiger partial charge in [-0.15, -0.1) is 0 Å². The highest BCUT2D eigenvalue weighted by Gasteiger charge is 2.60. The summed E-state index contributed by atoms with van der Waals surface area (Å²) in [5.41, 5.74) is -0.796. The first-order valence-electron chi connectivity index (χ1n) is 11.6. The maximum atomic E-state index is 12.2. The summed E-state index contributed by atoms with van der Waals surface area (Å²) in [7, 11) is 0. The maximum Gasteiger partial charge on any atom is 0.411 e. The molecule has 1 aromatic rings. The van der Waals surface area contributed by atoms with E-state index < -0.39 is 23.3 Å². The Morgan fingerprint density at radius 3 is 2.84 bits per heavy atom. The summed E-state index contributed by atoms with van der Waals surface area (Å²) in [6, 6.07) is 3.57. The zero-order valence-electron chi connectivity index (χ0n) is 18.9. The molecule has 4 atom stereocenters. The molecule has 0 radical (unpaired) electrons. The molecule has 4 heterocycles. The first-order chi connectivity index (χ1) is 15.2. The number of anilines is 2. The minimum absolute atomic E-state index is 0.109. The first kappa shape index (κ1) is 22.6. The molecule has 2 bridgehead atoms. The number of ether oxygens (including phenoxy) is 1. The van der Waals surface area contributed by atoms with E-state index >= 15 is 0 Å². The number of aromatic nitrogens is 1. The van der Waals surface area contributed by atoms with Gasteiger partial charge in [-0.2, -0.15) is 0 Å². The van der Waals surface area contributed by atoms with Crippen molar-refractivity contribution in [3.05, 3.63) is 18.3 Å². The van der Waals surface area contributed by atoms with Crippen LogP contribution in [0.2, 0.25) is 0 Å². The third-order valence-corrected chi connectivity index (χ3v) is 7.26. The molecule has 0 saturated carbocycles. The molecular formula is C23H34N4O5. The summed E-state index contributed by atoms with van der Waals surface area (Å²) in [6.45, 7) is 5.70. The number of nitrogens with zero attached hydrogens (tertiary/aromatic N) is 3. The fourth-order valence-corrected chi connectivity index (χ4v) is 6.15. The zero-order valence-corrected chi connectivity index (χ0v) is 18.9. The van der Waals surface area contributed by atoms with Gasteiger partial charge in [-0.05, 0) is 64.0 Å². The van der Waals surface area contributed by atoms with Crippen LogP contribution in [-0.2, 0) is 4.74 Å². The molecule has 3 saturated heterocycles.